The first-order valence-corrected chi connectivity index (χ1v) is 11.6. The van der Waals surface area contributed by atoms with Gasteiger partial charge in [-0.25, -0.2) is 9.59 Å². The highest BCUT2D eigenvalue weighted by molar-refractivity contribution is 6.02. The van der Waals surface area contributed by atoms with Crippen LogP contribution in [0.2, 0.25) is 0 Å². The van der Waals surface area contributed by atoms with Crippen LogP contribution in [0.1, 0.15) is 63.4 Å². The maximum absolute atomic E-state index is 13.3. The second kappa shape index (κ2) is 10.6. The molecular formula is C25H27N3O8. The molecule has 1 aliphatic carbocycles. The number of fused-ring (bicyclic) bond motifs is 1. The number of carbonyl (C=O) groups is 5. The van der Waals surface area contributed by atoms with Gasteiger partial charge >= 0.3 is 11.9 Å². The molecule has 1 aliphatic heterocycles. The number of furan rings is 1. The van der Waals surface area contributed by atoms with Crippen molar-refractivity contribution < 1.29 is 37.9 Å². The number of nitrogens with zero attached hydrogens (tertiary/aromatic N) is 1. The topological polar surface area (TPSA) is 144 Å². The van der Waals surface area contributed by atoms with Crippen molar-refractivity contribution in [3.05, 3.63) is 53.5 Å². The van der Waals surface area contributed by atoms with Gasteiger partial charge in [0.2, 0.25) is 11.8 Å². The molecule has 0 spiro atoms. The van der Waals surface area contributed by atoms with Gasteiger partial charge in [0.1, 0.15) is 6.04 Å². The van der Waals surface area contributed by atoms with Gasteiger partial charge in [0.05, 0.1) is 44.1 Å². The molecular weight excluding hydrogens is 470 g/mol. The SMILES string of the molecule is COC(=O)c1cc(NC(=O)C[C@@H]2C(=O)N[C@H]3CCCC[C@@H]3N2C(=O)c2ccco2)cc(C(=O)OC)c1. The number of hydrogen-bond donors (Lipinski definition) is 2. The third kappa shape index (κ3) is 5.09. The van der Waals surface area contributed by atoms with Crippen LogP contribution < -0.4 is 10.6 Å². The van der Waals surface area contributed by atoms with E-state index < -0.39 is 35.7 Å². The Morgan fingerprint density at radius 1 is 1.06 bits per heavy atom. The molecule has 1 aromatic carbocycles. The van der Waals surface area contributed by atoms with Crippen molar-refractivity contribution in [1.82, 2.24) is 10.2 Å². The van der Waals surface area contributed by atoms with Gasteiger partial charge in [-0.3, -0.25) is 14.4 Å². The number of carbonyl (C=O) groups excluding carboxylic acids is 5. The minimum Gasteiger partial charge on any atom is -0.465 e. The first kappa shape index (κ1) is 25.0. The molecule has 36 heavy (non-hydrogen) atoms. The molecule has 3 atom stereocenters. The molecule has 0 radical (unpaired) electrons. The normalized spacial score (nSPS) is 21.1. The Morgan fingerprint density at radius 2 is 1.72 bits per heavy atom. The molecule has 0 bridgehead atoms. The number of amides is 3. The molecule has 0 unspecified atom stereocenters. The summed E-state index contributed by atoms with van der Waals surface area (Å²) in [6.07, 6.45) is 4.32. The number of piperazine rings is 1. The summed E-state index contributed by atoms with van der Waals surface area (Å²) in [6, 6.07) is 5.57. The van der Waals surface area contributed by atoms with Crippen LogP contribution in [0.3, 0.4) is 0 Å². The van der Waals surface area contributed by atoms with Crippen molar-refractivity contribution in [2.75, 3.05) is 19.5 Å². The largest absolute Gasteiger partial charge is 0.465 e. The summed E-state index contributed by atoms with van der Waals surface area (Å²) in [7, 11) is 2.38. The fraction of sp³-hybridized carbons (Fsp3) is 0.400. The standard InChI is InChI=1S/C25H27N3O8/c1-34-24(32)14-10-15(25(33)35-2)12-16(11-14)26-21(29)13-19-22(30)27-17-6-3-4-7-18(17)28(19)23(31)20-8-5-9-36-20/h5,8-12,17-19H,3-4,6-7,13H2,1-2H3,(H,26,29)(H,27,30)/t17-,18-,19+/m0/s1. The molecule has 2 fully saturated rings. The molecule has 11 nitrogen and oxygen atoms in total. The first-order valence-electron chi connectivity index (χ1n) is 11.6. The van der Waals surface area contributed by atoms with E-state index in [0.717, 1.165) is 19.3 Å². The highest BCUT2D eigenvalue weighted by Gasteiger charge is 2.46. The zero-order valence-corrected chi connectivity index (χ0v) is 19.9. The Morgan fingerprint density at radius 3 is 2.33 bits per heavy atom. The van der Waals surface area contributed by atoms with Crippen LogP contribution in [0.5, 0.6) is 0 Å². The number of anilines is 1. The maximum Gasteiger partial charge on any atom is 0.337 e. The van der Waals surface area contributed by atoms with E-state index in [-0.39, 0.29) is 41.1 Å². The maximum atomic E-state index is 13.3. The van der Waals surface area contributed by atoms with Crippen LogP contribution in [-0.4, -0.2) is 66.9 Å². The predicted octanol–water partition coefficient (Wildman–Crippen LogP) is 2.13. The van der Waals surface area contributed by atoms with Crippen LogP contribution in [0.25, 0.3) is 0 Å². The van der Waals surface area contributed by atoms with E-state index >= 15 is 0 Å². The van der Waals surface area contributed by atoms with Gasteiger partial charge in [0.25, 0.3) is 5.91 Å². The van der Waals surface area contributed by atoms with Crippen molar-refractivity contribution in [1.29, 1.82) is 0 Å². The molecule has 2 aromatic rings. The van der Waals surface area contributed by atoms with E-state index in [2.05, 4.69) is 10.6 Å². The van der Waals surface area contributed by atoms with E-state index in [1.165, 1.54) is 49.6 Å². The van der Waals surface area contributed by atoms with Crippen LogP contribution in [0, 0.1) is 0 Å². The number of hydrogen-bond acceptors (Lipinski definition) is 8. The van der Waals surface area contributed by atoms with Gasteiger partial charge in [0, 0.05) is 11.7 Å². The molecule has 3 amide bonds. The van der Waals surface area contributed by atoms with Crippen molar-refractivity contribution in [2.45, 2.75) is 50.2 Å². The summed E-state index contributed by atoms with van der Waals surface area (Å²) in [5, 5.41) is 5.58. The van der Waals surface area contributed by atoms with Gasteiger partial charge < -0.3 is 29.4 Å². The van der Waals surface area contributed by atoms with Gasteiger partial charge in [-0.2, -0.15) is 0 Å². The summed E-state index contributed by atoms with van der Waals surface area (Å²) in [5.74, 6) is -2.78. The Kier molecular flexibility index (Phi) is 7.37. The quantitative estimate of drug-likeness (QED) is 0.578. The molecule has 2 aliphatic rings. The van der Waals surface area contributed by atoms with Crippen molar-refractivity contribution >= 4 is 35.3 Å². The summed E-state index contributed by atoms with van der Waals surface area (Å²) in [6.45, 7) is 0. The van der Waals surface area contributed by atoms with Gasteiger partial charge in [0.15, 0.2) is 5.76 Å². The number of esters is 2. The summed E-state index contributed by atoms with van der Waals surface area (Å²) >= 11 is 0. The Bertz CT molecular complexity index is 1140. The molecule has 1 saturated heterocycles. The minimum absolute atomic E-state index is 0.0331. The van der Waals surface area contributed by atoms with E-state index in [0.29, 0.717) is 6.42 Å². The lowest BCUT2D eigenvalue weighted by molar-refractivity contribution is -0.135. The lowest BCUT2D eigenvalue weighted by atomic mass is 9.85. The van der Waals surface area contributed by atoms with E-state index in [1.807, 2.05) is 0 Å². The van der Waals surface area contributed by atoms with Gasteiger partial charge in [-0.05, 0) is 43.2 Å². The van der Waals surface area contributed by atoms with E-state index in [4.69, 9.17) is 13.9 Å². The first-order chi connectivity index (χ1) is 17.3. The summed E-state index contributed by atoms with van der Waals surface area (Å²) < 4.78 is 14.7. The minimum atomic E-state index is -1.06. The molecule has 1 aromatic heterocycles. The molecule has 190 valence electrons. The smallest absolute Gasteiger partial charge is 0.337 e. The second-order valence-electron chi connectivity index (χ2n) is 8.71. The number of ether oxygens (including phenoxy) is 2. The lowest BCUT2D eigenvalue weighted by Gasteiger charge is -2.47. The zero-order chi connectivity index (χ0) is 25.8. The third-order valence-corrected chi connectivity index (χ3v) is 6.46. The molecule has 11 heteroatoms. The van der Waals surface area contributed by atoms with Crippen LogP contribution in [0.15, 0.2) is 41.0 Å². The highest BCUT2D eigenvalue weighted by atomic mass is 16.5. The van der Waals surface area contributed by atoms with Gasteiger partial charge in [-0.15, -0.1) is 0 Å². The van der Waals surface area contributed by atoms with E-state index in [1.54, 1.807) is 6.07 Å². The van der Waals surface area contributed by atoms with Gasteiger partial charge in [-0.1, -0.05) is 12.8 Å². The molecule has 2 heterocycles. The summed E-state index contributed by atoms with van der Waals surface area (Å²) in [5.41, 5.74) is 0.204. The lowest BCUT2D eigenvalue weighted by Crippen LogP contribution is -2.68. The average Bonchev–Trinajstić information content (AvgIpc) is 3.42. The van der Waals surface area contributed by atoms with Crippen molar-refractivity contribution in [3.63, 3.8) is 0 Å². The Labute approximate surface area is 207 Å². The van der Waals surface area contributed by atoms with Crippen LogP contribution >= 0.6 is 0 Å². The molecule has 1 saturated carbocycles. The number of nitrogens with one attached hydrogen (secondary N) is 2. The monoisotopic (exact) mass is 497 g/mol. The molecule has 2 N–H and O–H groups in total. The highest BCUT2D eigenvalue weighted by Crippen LogP contribution is 2.31. The fourth-order valence-corrected chi connectivity index (χ4v) is 4.82. The van der Waals surface area contributed by atoms with Crippen molar-refractivity contribution in [3.8, 4) is 0 Å². The number of methoxy groups -OCH3 is 2. The van der Waals surface area contributed by atoms with Crippen molar-refractivity contribution in [2.24, 2.45) is 0 Å². The van der Waals surface area contributed by atoms with Crippen LogP contribution in [-0.2, 0) is 19.1 Å². The van der Waals surface area contributed by atoms with E-state index in [9.17, 15) is 24.0 Å². The Hall–Kier alpha value is -4.15. The fourth-order valence-electron chi connectivity index (χ4n) is 4.82. The predicted molar refractivity (Wildman–Crippen MR) is 125 cm³/mol. The van der Waals surface area contributed by atoms with Crippen LogP contribution in [0.4, 0.5) is 5.69 Å². The third-order valence-electron chi connectivity index (χ3n) is 6.46. The number of benzene rings is 1. The summed E-state index contributed by atoms with van der Waals surface area (Å²) in [4.78, 5) is 65.0. The zero-order valence-electron chi connectivity index (χ0n) is 19.9. The number of rotatable bonds is 6. The second-order valence-corrected chi connectivity index (χ2v) is 8.71. The Balaban J connectivity index is 1.59. The average molecular weight is 498 g/mol. The molecule has 4 rings (SSSR count).